The zero-order chi connectivity index (χ0) is 21.8. The van der Waals surface area contributed by atoms with Crippen molar-refractivity contribution in [2.45, 2.75) is 32.1 Å². The number of nitrogens with one attached hydrogen (secondary N) is 1. The SMILES string of the molecule is O=C(Nc1nc2ccccc2n1CCc1ccccn1)c1ccn(CCC(F)(F)F)n1. The highest BCUT2D eigenvalue weighted by Crippen LogP contribution is 2.22. The van der Waals surface area contributed by atoms with E-state index in [1.807, 2.05) is 47.0 Å². The molecule has 1 amide bonds. The quantitative estimate of drug-likeness (QED) is 0.481. The van der Waals surface area contributed by atoms with Crippen molar-refractivity contribution in [1.29, 1.82) is 0 Å². The Hall–Kier alpha value is -3.69. The van der Waals surface area contributed by atoms with Crippen molar-refractivity contribution >= 4 is 22.9 Å². The molecule has 10 heteroatoms. The van der Waals surface area contributed by atoms with Gasteiger partial charge in [0.2, 0.25) is 5.95 Å². The summed E-state index contributed by atoms with van der Waals surface area (Å²) in [6.07, 6.45) is -1.59. The Kier molecular flexibility index (Phi) is 5.70. The first-order valence-corrected chi connectivity index (χ1v) is 9.66. The third-order valence-corrected chi connectivity index (χ3v) is 4.70. The highest BCUT2D eigenvalue weighted by atomic mass is 19.4. The lowest BCUT2D eigenvalue weighted by Crippen LogP contribution is -2.18. The summed E-state index contributed by atoms with van der Waals surface area (Å²) in [7, 11) is 0. The largest absolute Gasteiger partial charge is 0.390 e. The highest BCUT2D eigenvalue weighted by Gasteiger charge is 2.27. The smallest absolute Gasteiger partial charge is 0.310 e. The van der Waals surface area contributed by atoms with Crippen molar-refractivity contribution in [1.82, 2.24) is 24.3 Å². The van der Waals surface area contributed by atoms with Crippen LogP contribution < -0.4 is 5.32 Å². The van der Waals surface area contributed by atoms with Crippen LogP contribution in [0.25, 0.3) is 11.0 Å². The van der Waals surface area contributed by atoms with E-state index in [-0.39, 0.29) is 12.2 Å². The van der Waals surface area contributed by atoms with E-state index in [9.17, 15) is 18.0 Å². The number of pyridine rings is 1. The van der Waals surface area contributed by atoms with Gasteiger partial charge in [0, 0.05) is 37.6 Å². The first-order valence-electron chi connectivity index (χ1n) is 9.66. The molecule has 4 rings (SSSR count). The lowest BCUT2D eigenvalue weighted by Gasteiger charge is -2.09. The minimum absolute atomic E-state index is 0.0190. The van der Waals surface area contributed by atoms with Crippen LogP contribution in [0.3, 0.4) is 0 Å². The van der Waals surface area contributed by atoms with Gasteiger partial charge in [0.25, 0.3) is 5.91 Å². The van der Waals surface area contributed by atoms with Crippen LogP contribution in [0.1, 0.15) is 22.6 Å². The molecular formula is C21H19F3N6O. The van der Waals surface area contributed by atoms with Crippen molar-refractivity contribution in [3.05, 3.63) is 72.3 Å². The Balaban J connectivity index is 1.52. The lowest BCUT2D eigenvalue weighted by molar-refractivity contribution is -0.137. The van der Waals surface area contributed by atoms with E-state index in [0.29, 0.717) is 18.9 Å². The number of nitrogens with zero attached hydrogens (tertiary/aromatic N) is 5. The number of hydrogen-bond acceptors (Lipinski definition) is 4. The number of benzene rings is 1. The summed E-state index contributed by atoms with van der Waals surface area (Å²) in [5.74, 6) is -0.202. The Morgan fingerprint density at radius 2 is 1.84 bits per heavy atom. The number of alkyl halides is 3. The van der Waals surface area contributed by atoms with Gasteiger partial charge in [-0.05, 0) is 30.3 Å². The Morgan fingerprint density at radius 3 is 2.61 bits per heavy atom. The second-order valence-electron chi connectivity index (χ2n) is 6.93. The van der Waals surface area contributed by atoms with E-state index in [2.05, 4.69) is 20.4 Å². The molecule has 0 radical (unpaired) electrons. The third kappa shape index (κ3) is 5.08. The molecule has 0 aliphatic heterocycles. The van der Waals surface area contributed by atoms with Gasteiger partial charge in [-0.1, -0.05) is 18.2 Å². The van der Waals surface area contributed by atoms with Crippen molar-refractivity contribution in [3.63, 3.8) is 0 Å². The summed E-state index contributed by atoms with van der Waals surface area (Å²) in [4.78, 5) is 21.5. The van der Waals surface area contributed by atoms with Crippen LogP contribution >= 0.6 is 0 Å². The fourth-order valence-corrected chi connectivity index (χ4v) is 3.18. The van der Waals surface area contributed by atoms with Crippen molar-refractivity contribution < 1.29 is 18.0 Å². The first-order chi connectivity index (χ1) is 14.9. The molecule has 31 heavy (non-hydrogen) atoms. The lowest BCUT2D eigenvalue weighted by atomic mass is 10.2. The van der Waals surface area contributed by atoms with Crippen LogP contribution in [0.2, 0.25) is 0 Å². The van der Waals surface area contributed by atoms with Gasteiger partial charge in [-0.15, -0.1) is 0 Å². The third-order valence-electron chi connectivity index (χ3n) is 4.70. The molecule has 0 aliphatic carbocycles. The molecule has 7 nitrogen and oxygen atoms in total. The molecular weight excluding hydrogens is 409 g/mol. The van der Waals surface area contributed by atoms with E-state index in [1.54, 1.807) is 6.20 Å². The number of anilines is 1. The molecule has 0 saturated carbocycles. The summed E-state index contributed by atoms with van der Waals surface area (Å²) in [5.41, 5.74) is 2.49. The van der Waals surface area contributed by atoms with Crippen LogP contribution in [0.4, 0.5) is 19.1 Å². The van der Waals surface area contributed by atoms with Crippen molar-refractivity contribution in [3.8, 4) is 0 Å². The molecule has 0 spiro atoms. The van der Waals surface area contributed by atoms with Gasteiger partial charge < -0.3 is 4.57 Å². The van der Waals surface area contributed by atoms with E-state index in [4.69, 9.17) is 0 Å². The van der Waals surface area contributed by atoms with Gasteiger partial charge in [-0.2, -0.15) is 18.3 Å². The number of rotatable bonds is 7. The topological polar surface area (TPSA) is 77.6 Å². The van der Waals surface area contributed by atoms with Crippen LogP contribution in [0, 0.1) is 0 Å². The molecule has 0 saturated heterocycles. The van der Waals surface area contributed by atoms with Gasteiger partial charge in [0.05, 0.1) is 17.5 Å². The molecule has 3 aromatic heterocycles. The van der Waals surface area contributed by atoms with E-state index >= 15 is 0 Å². The summed E-state index contributed by atoms with van der Waals surface area (Å²) in [6, 6.07) is 14.5. The minimum Gasteiger partial charge on any atom is -0.310 e. The Labute approximate surface area is 175 Å². The first kappa shape index (κ1) is 20.6. The van der Waals surface area contributed by atoms with Gasteiger partial charge >= 0.3 is 6.18 Å². The number of fused-ring (bicyclic) bond motifs is 1. The van der Waals surface area contributed by atoms with Gasteiger partial charge in [-0.3, -0.25) is 19.8 Å². The average Bonchev–Trinajstić information content (AvgIpc) is 3.36. The molecule has 0 fully saturated rings. The molecule has 1 aromatic carbocycles. The second-order valence-corrected chi connectivity index (χ2v) is 6.93. The van der Waals surface area contributed by atoms with E-state index < -0.39 is 18.5 Å². The monoisotopic (exact) mass is 428 g/mol. The molecule has 4 aromatic rings. The molecule has 3 heterocycles. The second kappa shape index (κ2) is 8.58. The molecule has 0 unspecified atom stereocenters. The highest BCUT2D eigenvalue weighted by molar-refractivity contribution is 6.02. The number of halogens is 3. The number of hydrogen-bond donors (Lipinski definition) is 1. The Morgan fingerprint density at radius 1 is 1.03 bits per heavy atom. The molecule has 0 atom stereocenters. The minimum atomic E-state index is -4.28. The number of carbonyl (C=O) groups excluding carboxylic acids is 1. The fourth-order valence-electron chi connectivity index (χ4n) is 3.18. The summed E-state index contributed by atoms with van der Waals surface area (Å²) < 4.78 is 40.2. The maximum atomic E-state index is 12.7. The van der Waals surface area contributed by atoms with Crippen LogP contribution in [-0.4, -0.2) is 36.4 Å². The van der Waals surface area contributed by atoms with Crippen molar-refractivity contribution in [2.24, 2.45) is 0 Å². The summed E-state index contributed by atoms with van der Waals surface area (Å²) in [6.45, 7) is 0.187. The van der Waals surface area contributed by atoms with E-state index in [1.165, 1.54) is 12.3 Å². The normalized spacial score (nSPS) is 11.7. The maximum absolute atomic E-state index is 12.7. The predicted octanol–water partition coefficient (Wildman–Crippen LogP) is 4.08. The summed E-state index contributed by atoms with van der Waals surface area (Å²) in [5, 5.41) is 6.68. The number of para-hydroxylation sites is 2. The van der Waals surface area contributed by atoms with Crippen LogP contribution in [0.15, 0.2) is 60.9 Å². The molecule has 0 bridgehead atoms. The van der Waals surface area contributed by atoms with Crippen molar-refractivity contribution in [2.75, 3.05) is 5.32 Å². The number of amides is 1. The van der Waals surface area contributed by atoms with Crippen LogP contribution in [0.5, 0.6) is 0 Å². The number of aromatic nitrogens is 5. The average molecular weight is 428 g/mol. The number of aryl methyl sites for hydroxylation is 3. The number of imidazole rings is 1. The molecule has 1 N–H and O–H groups in total. The van der Waals surface area contributed by atoms with E-state index in [0.717, 1.165) is 21.4 Å². The summed E-state index contributed by atoms with van der Waals surface area (Å²) >= 11 is 0. The molecule has 160 valence electrons. The van der Waals surface area contributed by atoms with Gasteiger partial charge in [-0.25, -0.2) is 4.98 Å². The van der Waals surface area contributed by atoms with Gasteiger partial charge in [0.1, 0.15) is 0 Å². The predicted molar refractivity (Wildman–Crippen MR) is 109 cm³/mol. The zero-order valence-electron chi connectivity index (χ0n) is 16.4. The fraction of sp³-hybridized carbons (Fsp3) is 0.238. The number of carbonyl (C=O) groups is 1. The standard InChI is InChI=1S/C21H19F3N6O/c22-21(23,24)10-14-29-12-9-17(28-29)19(31)27-20-26-16-6-1-2-7-18(16)30(20)13-8-15-5-3-4-11-25-15/h1-7,9,11-12H,8,10,13-14H2,(H,26,27,31). The maximum Gasteiger partial charge on any atom is 0.390 e. The van der Waals surface area contributed by atoms with Crippen LogP contribution in [-0.2, 0) is 19.5 Å². The Bertz CT molecular complexity index is 1180. The zero-order valence-corrected chi connectivity index (χ0v) is 16.4. The molecule has 0 aliphatic rings. The van der Waals surface area contributed by atoms with Gasteiger partial charge in [0.15, 0.2) is 5.69 Å².